The van der Waals surface area contributed by atoms with Crippen LogP contribution >= 0.6 is 27.5 Å². The van der Waals surface area contributed by atoms with Crippen molar-refractivity contribution in [1.82, 2.24) is 10.9 Å². The van der Waals surface area contributed by atoms with Crippen molar-refractivity contribution < 1.29 is 13.2 Å². The summed E-state index contributed by atoms with van der Waals surface area (Å²) in [6.45, 7) is 3.87. The third-order valence-corrected chi connectivity index (χ3v) is 6.27. The van der Waals surface area contributed by atoms with Gasteiger partial charge in [0.2, 0.25) is 0 Å². The fourth-order valence-electron chi connectivity index (χ4n) is 2.48. The Bertz CT molecular complexity index is 1200. The van der Waals surface area contributed by atoms with Crippen LogP contribution in [-0.2, 0) is 10.0 Å². The molecule has 0 aromatic heterocycles. The second-order valence-corrected chi connectivity index (χ2v) is 9.18. The number of amides is 1. The molecule has 3 N–H and O–H groups in total. The summed E-state index contributed by atoms with van der Waals surface area (Å²) in [5.74, 6) is -0.511. The highest BCUT2D eigenvalue weighted by atomic mass is 79.9. The van der Waals surface area contributed by atoms with Gasteiger partial charge in [0.05, 0.1) is 21.3 Å². The summed E-state index contributed by atoms with van der Waals surface area (Å²) in [6, 6.07) is 19.5. The van der Waals surface area contributed by atoms with Crippen LogP contribution in [-0.4, -0.2) is 14.3 Å². The highest BCUT2D eigenvalue weighted by Crippen LogP contribution is 2.24. The lowest BCUT2D eigenvalue weighted by atomic mass is 10.2. The van der Waals surface area contributed by atoms with Crippen molar-refractivity contribution in [1.29, 1.82) is 0 Å². The smallest absolute Gasteiger partial charge is 0.269 e. The number of rotatable bonds is 7. The Morgan fingerprint density at radius 3 is 2.30 bits per heavy atom. The van der Waals surface area contributed by atoms with Crippen LogP contribution in [0.25, 0.3) is 5.70 Å². The second kappa shape index (κ2) is 9.34. The maximum atomic E-state index is 12.7. The molecule has 154 valence electrons. The van der Waals surface area contributed by atoms with Crippen molar-refractivity contribution in [2.75, 3.05) is 4.72 Å². The van der Waals surface area contributed by atoms with Gasteiger partial charge in [0.1, 0.15) is 0 Å². The third kappa shape index (κ3) is 5.41. The molecule has 0 radical (unpaired) electrons. The quantitative estimate of drug-likeness (QED) is 0.401. The van der Waals surface area contributed by atoms with Crippen molar-refractivity contribution in [3.8, 4) is 0 Å². The van der Waals surface area contributed by atoms with Gasteiger partial charge in [-0.15, -0.1) is 0 Å². The molecular formula is C21H17BrClN3O3S. The third-order valence-electron chi connectivity index (χ3n) is 4.04. The molecule has 0 fully saturated rings. The molecule has 3 aromatic rings. The summed E-state index contributed by atoms with van der Waals surface area (Å²) >= 11 is 9.37. The van der Waals surface area contributed by atoms with E-state index >= 15 is 0 Å². The lowest BCUT2D eigenvalue weighted by Crippen LogP contribution is -2.35. The maximum Gasteiger partial charge on any atom is 0.269 e. The van der Waals surface area contributed by atoms with E-state index in [1.807, 2.05) is 24.3 Å². The minimum absolute atomic E-state index is 0.0678. The fourth-order valence-corrected chi connectivity index (χ4v) is 4.11. The lowest BCUT2D eigenvalue weighted by Gasteiger charge is -2.13. The monoisotopic (exact) mass is 505 g/mol. The molecule has 0 unspecified atom stereocenters. The zero-order chi connectivity index (χ0) is 21.7. The standard InChI is InChI=1S/C21H17BrClN3O3S/c1-14(15-9-11-17(22)12-10-15)24-25-21(27)16-5-4-6-18(13-16)30(28,29)26-20-8-3-2-7-19(20)23/h2-13,24,26H,1H2,(H,25,27). The number of hydrazine groups is 1. The van der Waals surface area contributed by atoms with Crippen molar-refractivity contribution in [2.45, 2.75) is 4.90 Å². The van der Waals surface area contributed by atoms with Crippen LogP contribution < -0.4 is 15.6 Å². The molecule has 3 rings (SSSR count). The number of hydrogen-bond donors (Lipinski definition) is 3. The molecular weight excluding hydrogens is 490 g/mol. The van der Waals surface area contributed by atoms with Crippen LogP contribution in [0.5, 0.6) is 0 Å². The van der Waals surface area contributed by atoms with E-state index in [1.165, 1.54) is 24.3 Å². The van der Waals surface area contributed by atoms with E-state index in [1.54, 1.807) is 24.3 Å². The molecule has 0 aliphatic heterocycles. The number of anilines is 1. The Kier molecular flexibility index (Phi) is 6.81. The van der Waals surface area contributed by atoms with E-state index in [-0.39, 0.29) is 21.2 Å². The summed E-state index contributed by atoms with van der Waals surface area (Å²) in [7, 11) is -3.93. The SMILES string of the molecule is C=C(NNC(=O)c1cccc(S(=O)(=O)Nc2ccccc2Cl)c1)c1ccc(Br)cc1. The van der Waals surface area contributed by atoms with Gasteiger partial charge < -0.3 is 0 Å². The van der Waals surface area contributed by atoms with Gasteiger partial charge in [-0.3, -0.25) is 20.4 Å². The minimum atomic E-state index is -3.93. The first-order valence-electron chi connectivity index (χ1n) is 8.65. The van der Waals surface area contributed by atoms with Gasteiger partial charge in [-0.2, -0.15) is 0 Å². The van der Waals surface area contributed by atoms with Gasteiger partial charge in [0.15, 0.2) is 0 Å². The van der Waals surface area contributed by atoms with Crippen LogP contribution in [0, 0.1) is 0 Å². The van der Waals surface area contributed by atoms with E-state index in [9.17, 15) is 13.2 Å². The van der Waals surface area contributed by atoms with Crippen molar-refractivity contribution in [3.63, 3.8) is 0 Å². The van der Waals surface area contributed by atoms with E-state index in [0.717, 1.165) is 10.0 Å². The van der Waals surface area contributed by atoms with E-state index in [0.29, 0.717) is 5.70 Å². The van der Waals surface area contributed by atoms with Crippen molar-refractivity contribution in [2.24, 2.45) is 0 Å². The first kappa shape index (κ1) is 21.9. The topological polar surface area (TPSA) is 87.3 Å². The van der Waals surface area contributed by atoms with Gasteiger partial charge in [0.25, 0.3) is 15.9 Å². The van der Waals surface area contributed by atoms with Gasteiger partial charge in [0, 0.05) is 10.0 Å². The number of benzene rings is 3. The molecule has 30 heavy (non-hydrogen) atoms. The Balaban J connectivity index is 1.71. The summed E-state index contributed by atoms with van der Waals surface area (Å²) in [4.78, 5) is 12.4. The number of halogens is 2. The van der Waals surface area contributed by atoms with Crippen molar-refractivity contribution in [3.05, 3.63) is 100.0 Å². The van der Waals surface area contributed by atoms with E-state index < -0.39 is 15.9 Å². The normalized spacial score (nSPS) is 10.9. The molecule has 0 heterocycles. The van der Waals surface area contributed by atoms with Crippen molar-refractivity contribution >= 4 is 54.8 Å². The summed E-state index contributed by atoms with van der Waals surface area (Å²) < 4.78 is 28.7. The molecule has 6 nitrogen and oxygen atoms in total. The maximum absolute atomic E-state index is 12.7. The largest absolute Gasteiger partial charge is 0.298 e. The Morgan fingerprint density at radius 1 is 0.900 bits per heavy atom. The number of nitrogens with one attached hydrogen (secondary N) is 3. The molecule has 1 amide bonds. The van der Waals surface area contributed by atoms with Gasteiger partial charge in [-0.05, 0) is 48.0 Å². The molecule has 0 aliphatic carbocycles. The first-order valence-corrected chi connectivity index (χ1v) is 11.3. The van der Waals surface area contributed by atoms with Gasteiger partial charge >= 0.3 is 0 Å². The van der Waals surface area contributed by atoms with Crippen LogP contribution in [0.1, 0.15) is 15.9 Å². The summed E-state index contributed by atoms with van der Waals surface area (Å²) in [5, 5.41) is 0.269. The average molecular weight is 507 g/mol. The Hall–Kier alpha value is -2.81. The number of sulfonamides is 1. The minimum Gasteiger partial charge on any atom is -0.298 e. The first-order chi connectivity index (χ1) is 14.3. The van der Waals surface area contributed by atoms with Crippen LogP contribution in [0.3, 0.4) is 0 Å². The van der Waals surface area contributed by atoms with Crippen LogP contribution in [0.4, 0.5) is 5.69 Å². The molecule has 0 atom stereocenters. The Morgan fingerprint density at radius 2 is 1.60 bits per heavy atom. The van der Waals surface area contributed by atoms with Gasteiger partial charge in [-0.25, -0.2) is 8.42 Å². The predicted molar refractivity (Wildman–Crippen MR) is 122 cm³/mol. The highest BCUT2D eigenvalue weighted by molar-refractivity contribution is 9.10. The lowest BCUT2D eigenvalue weighted by molar-refractivity contribution is 0.0942. The molecule has 9 heteroatoms. The fraction of sp³-hybridized carbons (Fsp3) is 0. The molecule has 0 spiro atoms. The summed E-state index contributed by atoms with van der Waals surface area (Å²) in [6.07, 6.45) is 0. The molecule has 3 aromatic carbocycles. The number of carbonyl (C=O) groups is 1. The van der Waals surface area contributed by atoms with E-state index in [4.69, 9.17) is 11.6 Å². The molecule has 0 aliphatic rings. The number of carbonyl (C=O) groups excluding carboxylic acids is 1. The zero-order valence-electron chi connectivity index (χ0n) is 15.5. The van der Waals surface area contributed by atoms with Crippen LogP contribution in [0.2, 0.25) is 5.02 Å². The number of para-hydroxylation sites is 1. The zero-order valence-corrected chi connectivity index (χ0v) is 18.7. The summed E-state index contributed by atoms with van der Waals surface area (Å²) in [5.41, 5.74) is 6.93. The molecule has 0 saturated carbocycles. The molecule has 0 bridgehead atoms. The second-order valence-electron chi connectivity index (χ2n) is 6.18. The number of hydrogen-bond acceptors (Lipinski definition) is 4. The van der Waals surface area contributed by atoms with Crippen LogP contribution in [0.15, 0.2) is 88.7 Å². The highest BCUT2D eigenvalue weighted by Gasteiger charge is 2.17. The van der Waals surface area contributed by atoms with E-state index in [2.05, 4.69) is 38.1 Å². The predicted octanol–water partition coefficient (Wildman–Crippen LogP) is 4.81. The molecule has 0 saturated heterocycles. The Labute approximate surface area is 188 Å². The van der Waals surface area contributed by atoms with Gasteiger partial charge in [-0.1, -0.05) is 64.4 Å². The average Bonchev–Trinajstić information content (AvgIpc) is 2.74.